The molecule has 0 spiro atoms. The number of anilines is 1. The Kier molecular flexibility index (Phi) is 5.09. The second-order valence-corrected chi connectivity index (χ2v) is 5.87. The highest BCUT2D eigenvalue weighted by Crippen LogP contribution is 2.20. The van der Waals surface area contributed by atoms with E-state index in [2.05, 4.69) is 0 Å². The number of hydrogen-bond acceptors (Lipinski definition) is 5. The lowest BCUT2D eigenvalue weighted by Crippen LogP contribution is -2.35. The van der Waals surface area contributed by atoms with Gasteiger partial charge in [-0.3, -0.25) is 0 Å². The zero-order valence-corrected chi connectivity index (χ0v) is 11.0. The molecule has 6 nitrogen and oxygen atoms in total. The Morgan fingerprint density at radius 3 is 2.17 bits per heavy atom. The molecule has 0 aliphatic carbocycles. The van der Waals surface area contributed by atoms with Gasteiger partial charge >= 0.3 is 0 Å². The quantitative estimate of drug-likeness (QED) is 0.610. The van der Waals surface area contributed by atoms with Crippen LogP contribution >= 0.6 is 0 Å². The minimum absolute atomic E-state index is 0.0588. The summed E-state index contributed by atoms with van der Waals surface area (Å²) < 4.78 is 25.6. The number of sulfonamides is 1. The Bertz CT molecular complexity index is 476. The van der Waals surface area contributed by atoms with Crippen molar-refractivity contribution in [1.82, 2.24) is 4.31 Å². The summed E-state index contributed by atoms with van der Waals surface area (Å²) in [7, 11) is -3.74. The molecule has 0 saturated carbocycles. The number of aryl methyl sites for hydroxylation is 1. The first-order chi connectivity index (χ1) is 8.41. The minimum atomic E-state index is -3.74. The predicted octanol–water partition coefficient (Wildman–Crippen LogP) is -0.447. The molecule has 0 atom stereocenters. The Balaban J connectivity index is 3.17. The SMILES string of the molecule is Cc1cc(N)cc(S(=O)(=O)N(CCO)CCO)c1. The molecule has 0 bridgehead atoms. The summed E-state index contributed by atoms with van der Waals surface area (Å²) in [6, 6.07) is 4.54. The molecule has 1 rings (SSSR count). The predicted molar refractivity (Wildman–Crippen MR) is 68.5 cm³/mol. The molecule has 0 radical (unpaired) electrons. The molecule has 0 aliphatic rings. The van der Waals surface area contributed by atoms with E-state index in [0.717, 1.165) is 9.87 Å². The highest BCUT2D eigenvalue weighted by atomic mass is 32.2. The first-order valence-electron chi connectivity index (χ1n) is 5.51. The van der Waals surface area contributed by atoms with Crippen LogP contribution in [0.3, 0.4) is 0 Å². The molecular formula is C11H18N2O4S. The Morgan fingerprint density at radius 1 is 1.17 bits per heavy atom. The third-order valence-electron chi connectivity index (χ3n) is 2.41. The van der Waals surface area contributed by atoms with Gasteiger partial charge in [-0.15, -0.1) is 0 Å². The van der Waals surface area contributed by atoms with Crippen molar-refractivity contribution in [1.29, 1.82) is 0 Å². The number of nitrogen functional groups attached to an aromatic ring is 1. The molecule has 0 fully saturated rings. The molecule has 1 aromatic rings. The summed E-state index contributed by atoms with van der Waals surface area (Å²) in [6.07, 6.45) is 0. The Labute approximate surface area is 107 Å². The fraction of sp³-hybridized carbons (Fsp3) is 0.455. The molecule has 0 aliphatic heterocycles. The van der Waals surface area contributed by atoms with E-state index in [1.54, 1.807) is 13.0 Å². The highest BCUT2D eigenvalue weighted by molar-refractivity contribution is 7.89. The van der Waals surface area contributed by atoms with E-state index in [-0.39, 0.29) is 31.2 Å². The fourth-order valence-electron chi connectivity index (χ4n) is 1.65. The standard InChI is InChI=1S/C11H18N2O4S/c1-9-6-10(12)8-11(7-9)18(16,17)13(2-4-14)3-5-15/h6-8,14-15H,2-5,12H2,1H3. The number of benzene rings is 1. The first-order valence-corrected chi connectivity index (χ1v) is 6.95. The van der Waals surface area contributed by atoms with Crippen LogP contribution in [0, 0.1) is 6.92 Å². The van der Waals surface area contributed by atoms with Crippen molar-refractivity contribution >= 4 is 15.7 Å². The van der Waals surface area contributed by atoms with E-state index in [1.807, 2.05) is 0 Å². The van der Waals surface area contributed by atoms with Crippen LogP contribution in [0.4, 0.5) is 5.69 Å². The Hall–Kier alpha value is -1.15. The molecule has 4 N–H and O–H groups in total. The molecule has 102 valence electrons. The van der Waals surface area contributed by atoms with E-state index in [1.165, 1.54) is 12.1 Å². The molecule has 0 amide bonds. The van der Waals surface area contributed by atoms with Crippen LogP contribution in [0.15, 0.2) is 23.1 Å². The number of aliphatic hydroxyl groups is 2. The van der Waals surface area contributed by atoms with Gasteiger partial charge in [-0.05, 0) is 30.7 Å². The summed E-state index contributed by atoms with van der Waals surface area (Å²) in [4.78, 5) is 0.0712. The largest absolute Gasteiger partial charge is 0.399 e. The van der Waals surface area contributed by atoms with Crippen LogP contribution in [0.25, 0.3) is 0 Å². The summed E-state index contributed by atoms with van der Waals surface area (Å²) in [6.45, 7) is 1.02. The van der Waals surface area contributed by atoms with Gasteiger partial charge in [-0.2, -0.15) is 4.31 Å². The zero-order valence-electron chi connectivity index (χ0n) is 10.2. The van der Waals surface area contributed by atoms with Crippen molar-refractivity contribution in [2.24, 2.45) is 0 Å². The third-order valence-corrected chi connectivity index (χ3v) is 4.29. The molecule has 1 aromatic carbocycles. The normalized spacial score (nSPS) is 12.0. The molecule has 0 saturated heterocycles. The van der Waals surface area contributed by atoms with Gasteiger partial charge in [-0.1, -0.05) is 0 Å². The Morgan fingerprint density at radius 2 is 1.72 bits per heavy atom. The van der Waals surface area contributed by atoms with Crippen LogP contribution in [-0.4, -0.2) is 49.2 Å². The second kappa shape index (κ2) is 6.14. The van der Waals surface area contributed by atoms with Crippen LogP contribution in [0.1, 0.15) is 5.56 Å². The van der Waals surface area contributed by atoms with Crippen LogP contribution in [0.2, 0.25) is 0 Å². The number of hydrogen-bond donors (Lipinski definition) is 3. The smallest absolute Gasteiger partial charge is 0.243 e. The first kappa shape index (κ1) is 14.9. The van der Waals surface area contributed by atoms with Crippen molar-refractivity contribution in [2.45, 2.75) is 11.8 Å². The van der Waals surface area contributed by atoms with Crippen LogP contribution in [-0.2, 0) is 10.0 Å². The number of aliphatic hydroxyl groups excluding tert-OH is 2. The highest BCUT2D eigenvalue weighted by Gasteiger charge is 2.23. The number of nitrogens with zero attached hydrogens (tertiary/aromatic N) is 1. The van der Waals surface area contributed by atoms with Crippen molar-refractivity contribution < 1.29 is 18.6 Å². The van der Waals surface area contributed by atoms with Gasteiger partial charge in [0.25, 0.3) is 0 Å². The number of rotatable bonds is 6. The van der Waals surface area contributed by atoms with E-state index < -0.39 is 10.0 Å². The summed E-state index contributed by atoms with van der Waals surface area (Å²) in [5, 5.41) is 17.7. The lowest BCUT2D eigenvalue weighted by Gasteiger charge is -2.20. The van der Waals surface area contributed by atoms with Crippen molar-refractivity contribution in [2.75, 3.05) is 32.0 Å². The van der Waals surface area contributed by atoms with Gasteiger partial charge in [0.15, 0.2) is 0 Å². The van der Waals surface area contributed by atoms with Gasteiger partial charge < -0.3 is 15.9 Å². The maximum absolute atomic E-state index is 12.3. The fourth-order valence-corrected chi connectivity index (χ4v) is 3.21. The van der Waals surface area contributed by atoms with E-state index >= 15 is 0 Å². The third kappa shape index (κ3) is 3.42. The van der Waals surface area contributed by atoms with Crippen molar-refractivity contribution in [3.63, 3.8) is 0 Å². The summed E-state index contributed by atoms with van der Waals surface area (Å²) >= 11 is 0. The molecule has 18 heavy (non-hydrogen) atoms. The number of nitrogens with two attached hydrogens (primary N) is 1. The zero-order chi connectivity index (χ0) is 13.8. The van der Waals surface area contributed by atoms with Gasteiger partial charge in [0, 0.05) is 18.8 Å². The molecule has 0 heterocycles. The summed E-state index contributed by atoms with van der Waals surface area (Å²) in [5.74, 6) is 0. The van der Waals surface area contributed by atoms with Crippen molar-refractivity contribution in [3.05, 3.63) is 23.8 Å². The maximum atomic E-state index is 12.3. The average molecular weight is 274 g/mol. The van der Waals surface area contributed by atoms with E-state index in [0.29, 0.717) is 5.69 Å². The minimum Gasteiger partial charge on any atom is -0.399 e. The van der Waals surface area contributed by atoms with Gasteiger partial charge in [0.1, 0.15) is 0 Å². The van der Waals surface area contributed by atoms with Gasteiger partial charge in [0.05, 0.1) is 18.1 Å². The molecule has 7 heteroatoms. The summed E-state index contributed by atoms with van der Waals surface area (Å²) in [5.41, 5.74) is 6.72. The lowest BCUT2D eigenvalue weighted by atomic mass is 10.2. The average Bonchev–Trinajstić information content (AvgIpc) is 2.27. The lowest BCUT2D eigenvalue weighted by molar-refractivity contribution is 0.217. The van der Waals surface area contributed by atoms with Crippen LogP contribution in [0.5, 0.6) is 0 Å². The topological polar surface area (TPSA) is 104 Å². The second-order valence-electron chi connectivity index (χ2n) is 3.93. The van der Waals surface area contributed by atoms with Crippen molar-refractivity contribution in [3.8, 4) is 0 Å². The van der Waals surface area contributed by atoms with E-state index in [9.17, 15) is 8.42 Å². The van der Waals surface area contributed by atoms with Crippen LogP contribution < -0.4 is 5.73 Å². The monoisotopic (exact) mass is 274 g/mol. The molecular weight excluding hydrogens is 256 g/mol. The van der Waals surface area contributed by atoms with E-state index in [4.69, 9.17) is 15.9 Å². The van der Waals surface area contributed by atoms with Gasteiger partial charge in [0.2, 0.25) is 10.0 Å². The molecule has 0 aromatic heterocycles. The molecule has 0 unspecified atom stereocenters. The maximum Gasteiger partial charge on any atom is 0.243 e. The van der Waals surface area contributed by atoms with Gasteiger partial charge in [-0.25, -0.2) is 8.42 Å².